The van der Waals surface area contributed by atoms with E-state index in [-0.39, 0.29) is 0 Å². The van der Waals surface area contributed by atoms with Crippen molar-refractivity contribution in [3.05, 3.63) is 48.3 Å². The molecule has 0 bridgehead atoms. The highest BCUT2D eigenvalue weighted by molar-refractivity contribution is 5.88. The van der Waals surface area contributed by atoms with Crippen LogP contribution in [0.3, 0.4) is 0 Å². The highest BCUT2D eigenvalue weighted by atomic mass is 16.5. The van der Waals surface area contributed by atoms with Crippen LogP contribution in [0.2, 0.25) is 0 Å². The zero-order valence-corrected chi connectivity index (χ0v) is 11.8. The van der Waals surface area contributed by atoms with E-state index in [1.54, 1.807) is 19.5 Å². The maximum Gasteiger partial charge on any atom is 0.180 e. The Morgan fingerprint density at radius 1 is 1.24 bits per heavy atom. The molecule has 0 aliphatic heterocycles. The summed E-state index contributed by atoms with van der Waals surface area (Å²) in [5, 5.41) is 3.89. The van der Waals surface area contributed by atoms with Crippen LogP contribution in [0.15, 0.2) is 47.2 Å². The Bertz CT molecular complexity index is 766. The smallest absolute Gasteiger partial charge is 0.180 e. The lowest BCUT2D eigenvalue weighted by Crippen LogP contribution is -1.92. The molecule has 0 aliphatic rings. The number of benzene rings is 1. The van der Waals surface area contributed by atoms with Gasteiger partial charge in [0, 0.05) is 18.0 Å². The van der Waals surface area contributed by atoms with Gasteiger partial charge >= 0.3 is 0 Å². The lowest BCUT2D eigenvalue weighted by Gasteiger charge is -2.08. The quantitative estimate of drug-likeness (QED) is 0.797. The van der Waals surface area contributed by atoms with E-state index in [1.165, 1.54) is 0 Å². The van der Waals surface area contributed by atoms with E-state index >= 15 is 0 Å². The van der Waals surface area contributed by atoms with Crippen molar-refractivity contribution in [2.45, 2.75) is 6.92 Å². The number of nitrogens with zero attached hydrogens (tertiary/aromatic N) is 2. The first-order chi connectivity index (χ1) is 10.2. The second-order valence-corrected chi connectivity index (χ2v) is 4.72. The fraction of sp³-hybridized carbons (Fsp3) is 0.125. The van der Waals surface area contributed by atoms with Crippen molar-refractivity contribution in [3.8, 4) is 28.2 Å². The van der Waals surface area contributed by atoms with E-state index in [1.807, 2.05) is 37.3 Å². The molecule has 0 spiro atoms. The molecule has 0 aliphatic carbocycles. The van der Waals surface area contributed by atoms with Crippen LogP contribution in [-0.4, -0.2) is 17.3 Å². The number of hydrogen-bond donors (Lipinski definition) is 1. The second-order valence-electron chi connectivity index (χ2n) is 4.72. The van der Waals surface area contributed by atoms with Crippen LogP contribution < -0.4 is 10.5 Å². The molecule has 0 saturated carbocycles. The highest BCUT2D eigenvalue weighted by Gasteiger charge is 2.20. The van der Waals surface area contributed by atoms with E-state index in [9.17, 15) is 0 Å². The molecule has 0 amide bonds. The molecular weight excluding hydrogens is 266 g/mol. The Labute approximate surface area is 122 Å². The van der Waals surface area contributed by atoms with E-state index in [4.69, 9.17) is 15.0 Å². The van der Waals surface area contributed by atoms with Crippen molar-refractivity contribution >= 4 is 5.82 Å². The van der Waals surface area contributed by atoms with E-state index in [0.717, 1.165) is 22.3 Å². The molecule has 2 heterocycles. The van der Waals surface area contributed by atoms with Crippen molar-refractivity contribution < 1.29 is 9.26 Å². The Balaban J connectivity index is 2.24. The van der Waals surface area contributed by atoms with Gasteiger partial charge in [-0.05, 0) is 25.1 Å². The molecule has 0 saturated heterocycles. The average Bonchev–Trinajstić information content (AvgIpc) is 2.89. The van der Waals surface area contributed by atoms with Gasteiger partial charge in [0.15, 0.2) is 11.6 Å². The Kier molecular flexibility index (Phi) is 3.31. The molecule has 0 radical (unpaired) electrons. The van der Waals surface area contributed by atoms with Crippen LogP contribution in [0.1, 0.15) is 5.56 Å². The van der Waals surface area contributed by atoms with Gasteiger partial charge in [0.25, 0.3) is 0 Å². The summed E-state index contributed by atoms with van der Waals surface area (Å²) < 4.78 is 10.9. The van der Waals surface area contributed by atoms with E-state index in [0.29, 0.717) is 17.3 Å². The summed E-state index contributed by atoms with van der Waals surface area (Å²) in [5.74, 6) is 1.63. The van der Waals surface area contributed by atoms with Crippen LogP contribution in [0.4, 0.5) is 5.82 Å². The van der Waals surface area contributed by atoms with Gasteiger partial charge < -0.3 is 15.0 Å². The Hall–Kier alpha value is -2.82. The summed E-state index contributed by atoms with van der Waals surface area (Å²) in [7, 11) is 1.62. The zero-order valence-electron chi connectivity index (χ0n) is 11.8. The average molecular weight is 281 g/mol. The zero-order chi connectivity index (χ0) is 14.8. The summed E-state index contributed by atoms with van der Waals surface area (Å²) in [6.07, 6.45) is 3.44. The molecule has 0 atom stereocenters. The van der Waals surface area contributed by atoms with Gasteiger partial charge in [-0.15, -0.1) is 0 Å². The summed E-state index contributed by atoms with van der Waals surface area (Å²) in [5.41, 5.74) is 9.47. The topological polar surface area (TPSA) is 74.2 Å². The number of aromatic nitrogens is 2. The van der Waals surface area contributed by atoms with Gasteiger partial charge in [0.2, 0.25) is 0 Å². The number of pyridine rings is 1. The number of methoxy groups -OCH3 is 1. The van der Waals surface area contributed by atoms with Crippen molar-refractivity contribution in [2.24, 2.45) is 0 Å². The van der Waals surface area contributed by atoms with Gasteiger partial charge in [-0.1, -0.05) is 22.9 Å². The van der Waals surface area contributed by atoms with Crippen LogP contribution in [-0.2, 0) is 0 Å². The number of nitrogen functional groups attached to an aromatic ring is 1. The summed E-state index contributed by atoms with van der Waals surface area (Å²) in [6, 6.07) is 9.63. The predicted octanol–water partition coefficient (Wildman–Crippen LogP) is 3.30. The molecule has 5 heteroatoms. The minimum absolute atomic E-state index is 0.335. The third-order valence-corrected chi connectivity index (χ3v) is 3.27. The molecule has 2 aromatic heterocycles. The predicted molar refractivity (Wildman–Crippen MR) is 80.9 cm³/mol. The van der Waals surface area contributed by atoms with Crippen molar-refractivity contribution in [1.82, 2.24) is 10.1 Å². The third kappa shape index (κ3) is 2.33. The summed E-state index contributed by atoms with van der Waals surface area (Å²) >= 11 is 0. The minimum atomic E-state index is 0.335. The molecule has 21 heavy (non-hydrogen) atoms. The first-order valence-electron chi connectivity index (χ1n) is 6.51. The van der Waals surface area contributed by atoms with Crippen molar-refractivity contribution in [2.75, 3.05) is 12.8 Å². The maximum atomic E-state index is 5.97. The van der Waals surface area contributed by atoms with Crippen molar-refractivity contribution in [1.29, 1.82) is 0 Å². The lowest BCUT2D eigenvalue weighted by molar-refractivity contribution is 0.407. The molecule has 106 valence electrons. The molecule has 2 N–H and O–H groups in total. The van der Waals surface area contributed by atoms with Gasteiger partial charge in [-0.3, -0.25) is 4.98 Å². The lowest BCUT2D eigenvalue weighted by atomic mass is 10.0. The van der Waals surface area contributed by atoms with Crippen LogP contribution >= 0.6 is 0 Å². The number of aryl methyl sites for hydroxylation is 1. The molecule has 1 aromatic carbocycles. The Morgan fingerprint density at radius 3 is 2.81 bits per heavy atom. The largest absolute Gasteiger partial charge is 0.496 e. The molecule has 3 aromatic rings. The molecular formula is C16H15N3O2. The summed E-state index contributed by atoms with van der Waals surface area (Å²) in [6.45, 7) is 2.01. The monoisotopic (exact) mass is 281 g/mol. The number of rotatable bonds is 3. The van der Waals surface area contributed by atoms with Gasteiger partial charge in [-0.2, -0.15) is 0 Å². The third-order valence-electron chi connectivity index (χ3n) is 3.27. The standard InChI is InChI=1S/C16H15N3O2/c1-10-5-6-13(20-2)12(8-10)15-14(16(17)19-21-15)11-4-3-7-18-9-11/h3-9H,1-2H3,(H2,17,19). The van der Waals surface area contributed by atoms with Gasteiger partial charge in [-0.25, -0.2) is 0 Å². The first kappa shape index (κ1) is 13.2. The van der Waals surface area contributed by atoms with Crippen LogP contribution in [0.25, 0.3) is 22.5 Å². The molecule has 0 unspecified atom stereocenters. The fourth-order valence-corrected chi connectivity index (χ4v) is 2.28. The summed E-state index contributed by atoms with van der Waals surface area (Å²) in [4.78, 5) is 4.12. The van der Waals surface area contributed by atoms with Gasteiger partial charge in [0.1, 0.15) is 5.75 Å². The SMILES string of the molecule is COc1ccc(C)cc1-c1onc(N)c1-c1cccnc1. The highest BCUT2D eigenvalue weighted by Crippen LogP contribution is 2.40. The fourth-order valence-electron chi connectivity index (χ4n) is 2.28. The molecule has 3 rings (SSSR count). The number of ether oxygens (including phenoxy) is 1. The number of anilines is 1. The normalized spacial score (nSPS) is 10.6. The molecule has 5 nitrogen and oxygen atoms in total. The molecule has 0 fully saturated rings. The van der Waals surface area contributed by atoms with Crippen LogP contribution in [0.5, 0.6) is 5.75 Å². The Morgan fingerprint density at radius 2 is 2.10 bits per heavy atom. The van der Waals surface area contributed by atoms with E-state index < -0.39 is 0 Å². The second kappa shape index (κ2) is 5.28. The number of hydrogen-bond acceptors (Lipinski definition) is 5. The van der Waals surface area contributed by atoms with E-state index in [2.05, 4.69) is 10.1 Å². The minimum Gasteiger partial charge on any atom is -0.496 e. The van der Waals surface area contributed by atoms with Crippen LogP contribution in [0, 0.1) is 6.92 Å². The van der Waals surface area contributed by atoms with Gasteiger partial charge in [0.05, 0.1) is 18.2 Å². The maximum absolute atomic E-state index is 5.97. The van der Waals surface area contributed by atoms with Crippen molar-refractivity contribution in [3.63, 3.8) is 0 Å². The number of nitrogens with two attached hydrogens (primary N) is 1. The first-order valence-corrected chi connectivity index (χ1v) is 6.51.